The van der Waals surface area contributed by atoms with Crippen molar-refractivity contribution in [3.8, 4) is 0 Å². The number of aromatic amines is 1. The number of aryl methyl sites for hydroxylation is 1. The van der Waals surface area contributed by atoms with Crippen molar-refractivity contribution in [2.45, 2.75) is 37.1 Å². The van der Waals surface area contributed by atoms with Crippen LogP contribution in [0.3, 0.4) is 0 Å². The molecule has 106 valence electrons. The number of hydrogen-bond acceptors (Lipinski definition) is 4. The van der Waals surface area contributed by atoms with Crippen LogP contribution in [0.5, 0.6) is 0 Å². The Kier molecular flexibility index (Phi) is 3.15. The molecular weight excluding hydrogens is 264 g/mol. The second-order valence-corrected chi connectivity index (χ2v) is 7.68. The van der Waals surface area contributed by atoms with E-state index in [0.29, 0.717) is 35.5 Å². The van der Waals surface area contributed by atoms with Crippen LogP contribution in [0.2, 0.25) is 0 Å². The molecule has 3 N–H and O–H groups in total. The van der Waals surface area contributed by atoms with Gasteiger partial charge in [0, 0.05) is 19.1 Å². The first-order valence-electron chi connectivity index (χ1n) is 6.74. The van der Waals surface area contributed by atoms with Crippen LogP contribution in [0.1, 0.15) is 25.0 Å². The van der Waals surface area contributed by atoms with Crippen molar-refractivity contribution in [2.75, 3.05) is 13.1 Å². The Morgan fingerprint density at radius 1 is 1.37 bits per heavy atom. The van der Waals surface area contributed by atoms with Crippen LogP contribution < -0.4 is 5.73 Å². The Balaban J connectivity index is 1.83. The summed E-state index contributed by atoms with van der Waals surface area (Å²) < 4.78 is 26.8. The normalized spacial score (nSPS) is 32.4. The highest BCUT2D eigenvalue weighted by Crippen LogP contribution is 2.38. The van der Waals surface area contributed by atoms with E-state index in [9.17, 15) is 8.42 Å². The first-order chi connectivity index (χ1) is 8.98. The standard InChI is InChI=1S/C12H20N4O2S/c1-8-12(5-14-15-8)19(17,18)16-6-9-2-3-11(13)4-10(9)7-16/h5,9-11H,2-4,6-7,13H2,1H3,(H,14,15)/t9-,10+,11?/m1/s1. The smallest absolute Gasteiger partial charge is 0.246 e. The van der Waals surface area contributed by atoms with E-state index in [0.717, 1.165) is 19.3 Å². The molecule has 1 aromatic heterocycles. The fourth-order valence-electron chi connectivity index (χ4n) is 3.36. The van der Waals surface area contributed by atoms with Crippen molar-refractivity contribution in [3.63, 3.8) is 0 Å². The fourth-order valence-corrected chi connectivity index (χ4v) is 5.03. The summed E-state index contributed by atoms with van der Waals surface area (Å²) in [5.41, 5.74) is 6.58. The summed E-state index contributed by atoms with van der Waals surface area (Å²) >= 11 is 0. The minimum Gasteiger partial charge on any atom is -0.328 e. The van der Waals surface area contributed by atoms with Gasteiger partial charge in [-0.3, -0.25) is 5.10 Å². The third-order valence-electron chi connectivity index (χ3n) is 4.46. The van der Waals surface area contributed by atoms with E-state index in [1.54, 1.807) is 11.2 Å². The molecule has 1 unspecified atom stereocenters. The highest BCUT2D eigenvalue weighted by Gasteiger charge is 2.42. The van der Waals surface area contributed by atoms with Crippen molar-refractivity contribution in [3.05, 3.63) is 11.9 Å². The zero-order valence-corrected chi connectivity index (χ0v) is 11.9. The molecular formula is C12H20N4O2S. The summed E-state index contributed by atoms with van der Waals surface area (Å²) in [5.74, 6) is 0.896. The maximum Gasteiger partial charge on any atom is 0.246 e. The van der Waals surface area contributed by atoms with Gasteiger partial charge in [0.25, 0.3) is 0 Å². The SMILES string of the molecule is Cc1[nH]ncc1S(=O)(=O)N1C[C@H]2CCC(N)C[C@H]2C1. The number of nitrogens with one attached hydrogen (secondary N) is 1. The molecule has 0 amide bonds. The Bertz CT molecular complexity index is 568. The minimum absolute atomic E-state index is 0.236. The summed E-state index contributed by atoms with van der Waals surface area (Å²) in [6, 6.07) is 0.236. The number of sulfonamides is 1. The lowest BCUT2D eigenvalue weighted by Gasteiger charge is -2.28. The van der Waals surface area contributed by atoms with Gasteiger partial charge in [0.2, 0.25) is 10.0 Å². The van der Waals surface area contributed by atoms with Crippen molar-refractivity contribution in [2.24, 2.45) is 17.6 Å². The van der Waals surface area contributed by atoms with Gasteiger partial charge < -0.3 is 5.73 Å². The second kappa shape index (κ2) is 4.57. The number of aromatic nitrogens is 2. The number of H-pyrrole nitrogens is 1. The van der Waals surface area contributed by atoms with E-state index in [4.69, 9.17) is 5.73 Å². The Morgan fingerprint density at radius 2 is 2.11 bits per heavy atom. The zero-order valence-electron chi connectivity index (χ0n) is 11.0. The molecule has 0 aromatic carbocycles. The van der Waals surface area contributed by atoms with Gasteiger partial charge in [0.05, 0.1) is 11.9 Å². The molecule has 0 radical (unpaired) electrons. The lowest BCUT2D eigenvalue weighted by Crippen LogP contribution is -2.32. The first-order valence-corrected chi connectivity index (χ1v) is 8.18. The lowest BCUT2D eigenvalue weighted by molar-refractivity contribution is 0.271. The van der Waals surface area contributed by atoms with Crippen LogP contribution in [0.15, 0.2) is 11.1 Å². The van der Waals surface area contributed by atoms with Crippen LogP contribution in [0.4, 0.5) is 0 Å². The van der Waals surface area contributed by atoms with Gasteiger partial charge in [-0.25, -0.2) is 8.42 Å². The molecule has 3 rings (SSSR count). The average molecular weight is 284 g/mol. The topological polar surface area (TPSA) is 92.1 Å². The third-order valence-corrected chi connectivity index (χ3v) is 6.40. The molecule has 3 atom stereocenters. The summed E-state index contributed by atoms with van der Waals surface area (Å²) in [5, 5.41) is 6.50. The fraction of sp³-hybridized carbons (Fsp3) is 0.750. The third kappa shape index (κ3) is 2.19. The first kappa shape index (κ1) is 13.1. The van der Waals surface area contributed by atoms with Crippen LogP contribution in [-0.2, 0) is 10.0 Å². The van der Waals surface area contributed by atoms with E-state index < -0.39 is 10.0 Å². The predicted molar refractivity (Wildman–Crippen MR) is 70.9 cm³/mol. The van der Waals surface area contributed by atoms with Crippen molar-refractivity contribution < 1.29 is 8.42 Å². The highest BCUT2D eigenvalue weighted by atomic mass is 32.2. The van der Waals surface area contributed by atoms with Crippen molar-refractivity contribution >= 4 is 10.0 Å². The van der Waals surface area contributed by atoms with Crippen LogP contribution in [-0.4, -0.2) is 42.1 Å². The van der Waals surface area contributed by atoms with E-state index in [-0.39, 0.29) is 6.04 Å². The molecule has 0 bridgehead atoms. The van der Waals surface area contributed by atoms with Gasteiger partial charge in [-0.2, -0.15) is 9.40 Å². The molecule has 1 aliphatic heterocycles. The molecule has 0 spiro atoms. The van der Waals surface area contributed by atoms with Gasteiger partial charge in [0.1, 0.15) is 4.90 Å². The van der Waals surface area contributed by atoms with Gasteiger partial charge in [0.15, 0.2) is 0 Å². The molecule has 2 heterocycles. The summed E-state index contributed by atoms with van der Waals surface area (Å²) in [6.45, 7) is 2.97. The molecule has 1 saturated carbocycles. The van der Waals surface area contributed by atoms with Crippen LogP contribution >= 0.6 is 0 Å². The van der Waals surface area contributed by atoms with Gasteiger partial charge in [-0.1, -0.05) is 0 Å². The zero-order chi connectivity index (χ0) is 13.6. The number of hydrogen-bond donors (Lipinski definition) is 2. The number of nitrogens with zero attached hydrogens (tertiary/aromatic N) is 2. The predicted octanol–water partition coefficient (Wildman–Crippen LogP) is 0.466. The molecule has 2 fully saturated rings. The lowest BCUT2D eigenvalue weighted by atomic mass is 9.79. The molecule has 1 aliphatic carbocycles. The molecule has 7 heteroatoms. The monoisotopic (exact) mass is 284 g/mol. The van der Waals surface area contributed by atoms with Gasteiger partial charge in [-0.05, 0) is 38.0 Å². The Labute approximate surface area is 113 Å². The van der Waals surface area contributed by atoms with Crippen molar-refractivity contribution in [1.29, 1.82) is 0 Å². The van der Waals surface area contributed by atoms with E-state index >= 15 is 0 Å². The summed E-state index contributed by atoms with van der Waals surface area (Å²) in [7, 11) is -3.40. The summed E-state index contributed by atoms with van der Waals surface area (Å²) in [4.78, 5) is 0.301. The molecule has 19 heavy (non-hydrogen) atoms. The average Bonchev–Trinajstić information content (AvgIpc) is 2.94. The molecule has 6 nitrogen and oxygen atoms in total. The minimum atomic E-state index is -3.40. The highest BCUT2D eigenvalue weighted by molar-refractivity contribution is 7.89. The largest absolute Gasteiger partial charge is 0.328 e. The quantitative estimate of drug-likeness (QED) is 0.825. The molecule has 1 saturated heterocycles. The Hall–Kier alpha value is -0.920. The number of fused-ring (bicyclic) bond motifs is 1. The molecule has 2 aliphatic rings. The number of rotatable bonds is 2. The van der Waals surface area contributed by atoms with E-state index in [1.807, 2.05) is 0 Å². The van der Waals surface area contributed by atoms with Gasteiger partial charge >= 0.3 is 0 Å². The summed E-state index contributed by atoms with van der Waals surface area (Å²) in [6.07, 6.45) is 4.40. The van der Waals surface area contributed by atoms with E-state index in [2.05, 4.69) is 10.2 Å². The maximum absolute atomic E-state index is 12.6. The van der Waals surface area contributed by atoms with Crippen LogP contribution in [0.25, 0.3) is 0 Å². The number of nitrogens with two attached hydrogens (primary N) is 1. The second-order valence-electron chi connectivity index (χ2n) is 5.77. The Morgan fingerprint density at radius 3 is 2.79 bits per heavy atom. The van der Waals surface area contributed by atoms with E-state index in [1.165, 1.54) is 6.20 Å². The van der Waals surface area contributed by atoms with Crippen LogP contribution in [0, 0.1) is 18.8 Å². The van der Waals surface area contributed by atoms with Gasteiger partial charge in [-0.15, -0.1) is 0 Å². The van der Waals surface area contributed by atoms with Crippen molar-refractivity contribution in [1.82, 2.24) is 14.5 Å². The molecule has 1 aromatic rings. The maximum atomic E-state index is 12.6.